The Morgan fingerprint density at radius 3 is 1.98 bits per heavy atom. The fourth-order valence-electron chi connectivity index (χ4n) is 4.66. The normalized spacial score (nSPS) is 11.1. The van der Waals surface area contributed by atoms with Crippen molar-refractivity contribution in [3.8, 4) is 5.75 Å². The summed E-state index contributed by atoms with van der Waals surface area (Å²) in [7, 11) is 0. The van der Waals surface area contributed by atoms with Crippen molar-refractivity contribution in [2.24, 2.45) is 0 Å². The van der Waals surface area contributed by atoms with Crippen LogP contribution in [-0.2, 0) is 4.79 Å². The van der Waals surface area contributed by atoms with Gasteiger partial charge in [-0.2, -0.15) is 0 Å². The van der Waals surface area contributed by atoms with Crippen LogP contribution in [0.3, 0.4) is 0 Å². The van der Waals surface area contributed by atoms with Gasteiger partial charge in [0, 0.05) is 16.8 Å². The minimum Gasteiger partial charge on any atom is -0.481 e. The number of nitrogens with one attached hydrogen (secondary N) is 2. The Kier molecular flexibility index (Phi) is 9.27. The molecule has 0 saturated carbocycles. The van der Waals surface area contributed by atoms with Gasteiger partial charge in [-0.1, -0.05) is 97.1 Å². The summed E-state index contributed by atoms with van der Waals surface area (Å²) in [6.07, 6.45) is -0.568. The third-order valence-corrected chi connectivity index (χ3v) is 6.88. The van der Waals surface area contributed by atoms with E-state index < -0.39 is 18.0 Å². The van der Waals surface area contributed by atoms with Gasteiger partial charge in [0.15, 0.2) is 6.10 Å². The van der Waals surface area contributed by atoms with Crippen LogP contribution in [0.4, 0.5) is 11.4 Å². The monoisotopic (exact) mass is 582 g/mol. The van der Waals surface area contributed by atoms with Crippen LogP contribution in [0.5, 0.6) is 5.75 Å². The molecule has 0 saturated heterocycles. The molecule has 0 radical (unpaired) electrons. The van der Waals surface area contributed by atoms with E-state index in [4.69, 9.17) is 4.74 Å². The number of rotatable bonds is 7. The summed E-state index contributed by atoms with van der Waals surface area (Å²) in [6, 6.07) is 42.7. The van der Waals surface area contributed by atoms with Crippen molar-refractivity contribution in [2.75, 3.05) is 10.6 Å². The third kappa shape index (κ3) is 7.27. The summed E-state index contributed by atoms with van der Waals surface area (Å²) in [4.78, 5) is 35.8. The van der Waals surface area contributed by atoms with Crippen molar-refractivity contribution in [1.82, 2.24) is 0 Å². The number of carboxylic acids is 1. The van der Waals surface area contributed by atoms with Gasteiger partial charge in [0.1, 0.15) is 5.75 Å². The van der Waals surface area contributed by atoms with Gasteiger partial charge in [0.25, 0.3) is 11.8 Å². The maximum absolute atomic E-state index is 12.4. The summed E-state index contributed by atoms with van der Waals surface area (Å²) in [5, 5.41) is 19.0. The SMILES string of the molecule is CC(Oc1ccc2ccccc2c1)C(=O)Nc1ccccc1.O=C(O)c1ccccc1C(=O)Nc1cccc2ccccc12. The molecule has 0 aliphatic heterocycles. The van der Waals surface area contributed by atoms with E-state index in [2.05, 4.69) is 10.6 Å². The molecule has 6 aromatic rings. The lowest BCUT2D eigenvalue weighted by molar-refractivity contribution is -0.122. The Hall–Kier alpha value is -5.95. The van der Waals surface area contributed by atoms with Gasteiger partial charge in [0.05, 0.1) is 11.1 Å². The lowest BCUT2D eigenvalue weighted by Crippen LogP contribution is -2.30. The molecular weight excluding hydrogens is 552 g/mol. The van der Waals surface area contributed by atoms with Crippen LogP contribution < -0.4 is 15.4 Å². The maximum Gasteiger partial charge on any atom is 0.336 e. The number of aromatic carboxylic acids is 1. The molecular formula is C37H30N2O5. The van der Waals surface area contributed by atoms with Crippen molar-refractivity contribution >= 4 is 50.7 Å². The second-order valence-corrected chi connectivity index (χ2v) is 9.96. The highest BCUT2D eigenvalue weighted by molar-refractivity contribution is 6.13. The summed E-state index contributed by atoms with van der Waals surface area (Å²) in [5.74, 6) is -1.04. The fourth-order valence-corrected chi connectivity index (χ4v) is 4.66. The number of anilines is 2. The van der Waals surface area contributed by atoms with Crippen molar-refractivity contribution in [3.05, 3.63) is 151 Å². The minimum absolute atomic E-state index is 0.0137. The number of amides is 2. The predicted octanol–water partition coefficient (Wildman–Crippen LogP) is 8.04. The molecule has 218 valence electrons. The number of benzene rings is 6. The lowest BCUT2D eigenvalue weighted by Gasteiger charge is -2.15. The first-order valence-corrected chi connectivity index (χ1v) is 14.0. The van der Waals surface area contributed by atoms with Crippen LogP contribution in [-0.4, -0.2) is 29.0 Å². The Morgan fingerprint density at radius 2 is 1.23 bits per heavy atom. The Labute approximate surface area is 254 Å². The topological polar surface area (TPSA) is 105 Å². The van der Waals surface area contributed by atoms with Crippen molar-refractivity contribution < 1.29 is 24.2 Å². The smallest absolute Gasteiger partial charge is 0.336 e. The molecule has 0 aromatic heterocycles. The summed E-state index contributed by atoms with van der Waals surface area (Å²) >= 11 is 0. The van der Waals surface area contributed by atoms with Gasteiger partial charge >= 0.3 is 5.97 Å². The zero-order chi connectivity index (χ0) is 30.9. The largest absolute Gasteiger partial charge is 0.481 e. The third-order valence-electron chi connectivity index (χ3n) is 6.88. The first-order chi connectivity index (χ1) is 21.4. The van der Waals surface area contributed by atoms with Crippen LogP contribution in [0.15, 0.2) is 140 Å². The van der Waals surface area contributed by atoms with Crippen molar-refractivity contribution in [3.63, 3.8) is 0 Å². The molecule has 3 N–H and O–H groups in total. The quantitative estimate of drug-likeness (QED) is 0.177. The lowest BCUT2D eigenvalue weighted by atomic mass is 10.1. The molecule has 1 unspecified atom stereocenters. The molecule has 7 nitrogen and oxygen atoms in total. The Balaban J connectivity index is 0.000000175. The van der Waals surface area contributed by atoms with Gasteiger partial charge in [-0.3, -0.25) is 9.59 Å². The molecule has 6 aromatic carbocycles. The van der Waals surface area contributed by atoms with Gasteiger partial charge < -0.3 is 20.5 Å². The zero-order valence-electron chi connectivity index (χ0n) is 23.9. The highest BCUT2D eigenvalue weighted by Crippen LogP contribution is 2.24. The van der Waals surface area contributed by atoms with E-state index in [0.29, 0.717) is 11.4 Å². The number of para-hydroxylation sites is 1. The van der Waals surface area contributed by atoms with Gasteiger partial charge in [0.2, 0.25) is 0 Å². The molecule has 7 heteroatoms. The number of fused-ring (bicyclic) bond motifs is 2. The summed E-state index contributed by atoms with van der Waals surface area (Å²) in [5.41, 5.74) is 1.55. The van der Waals surface area contributed by atoms with Crippen LogP contribution in [0.1, 0.15) is 27.6 Å². The molecule has 0 aliphatic carbocycles. The van der Waals surface area contributed by atoms with E-state index in [1.54, 1.807) is 25.1 Å². The molecule has 0 fully saturated rings. The second kappa shape index (κ2) is 13.8. The molecule has 0 aliphatic rings. The predicted molar refractivity (Wildman–Crippen MR) is 174 cm³/mol. The first kappa shape index (κ1) is 29.5. The van der Waals surface area contributed by atoms with E-state index in [1.807, 2.05) is 109 Å². The van der Waals surface area contributed by atoms with E-state index in [-0.39, 0.29) is 17.0 Å². The first-order valence-electron chi connectivity index (χ1n) is 14.0. The van der Waals surface area contributed by atoms with Gasteiger partial charge in [-0.15, -0.1) is 0 Å². The number of hydrogen-bond donors (Lipinski definition) is 3. The summed E-state index contributed by atoms with van der Waals surface area (Å²) in [6.45, 7) is 1.74. The molecule has 2 amide bonds. The average molecular weight is 583 g/mol. The van der Waals surface area contributed by atoms with Crippen LogP contribution >= 0.6 is 0 Å². The standard InChI is InChI=1S/C19H17NO2.C18H13NO3/c1-14(19(21)20-17-9-3-2-4-10-17)22-18-12-11-15-7-5-6-8-16(15)13-18;20-17(14-9-3-4-10-15(14)18(21)22)19-16-11-5-7-12-6-1-2-8-13(12)16/h2-14H,1H3,(H,20,21);1-11H,(H,19,20)(H,21,22). The van der Waals surface area contributed by atoms with E-state index in [0.717, 1.165) is 27.2 Å². The van der Waals surface area contributed by atoms with Crippen LogP contribution in [0.25, 0.3) is 21.5 Å². The summed E-state index contributed by atoms with van der Waals surface area (Å²) < 4.78 is 5.74. The van der Waals surface area contributed by atoms with Crippen molar-refractivity contribution in [2.45, 2.75) is 13.0 Å². The maximum atomic E-state index is 12.4. The number of carbonyl (C=O) groups excluding carboxylic acids is 2. The highest BCUT2D eigenvalue weighted by Gasteiger charge is 2.17. The van der Waals surface area contributed by atoms with E-state index in [9.17, 15) is 19.5 Å². The van der Waals surface area contributed by atoms with Crippen molar-refractivity contribution in [1.29, 1.82) is 0 Å². The highest BCUT2D eigenvalue weighted by atomic mass is 16.5. The molecule has 1 atom stereocenters. The zero-order valence-corrected chi connectivity index (χ0v) is 23.9. The number of carboxylic acid groups (broad SMARTS) is 1. The average Bonchev–Trinajstić information content (AvgIpc) is 3.05. The minimum atomic E-state index is -1.12. The van der Waals surface area contributed by atoms with Gasteiger partial charge in [-0.05, 0) is 65.5 Å². The Morgan fingerprint density at radius 1 is 0.614 bits per heavy atom. The van der Waals surface area contributed by atoms with Crippen LogP contribution in [0.2, 0.25) is 0 Å². The molecule has 44 heavy (non-hydrogen) atoms. The Bertz CT molecular complexity index is 1930. The second-order valence-electron chi connectivity index (χ2n) is 9.96. The molecule has 0 spiro atoms. The molecule has 0 bridgehead atoms. The van der Waals surface area contributed by atoms with E-state index >= 15 is 0 Å². The van der Waals surface area contributed by atoms with E-state index in [1.165, 1.54) is 12.1 Å². The number of carbonyl (C=O) groups is 3. The fraction of sp³-hybridized carbons (Fsp3) is 0.0541. The van der Waals surface area contributed by atoms with Crippen LogP contribution in [0, 0.1) is 0 Å². The molecule has 0 heterocycles. The van der Waals surface area contributed by atoms with Gasteiger partial charge in [-0.25, -0.2) is 4.79 Å². The number of hydrogen-bond acceptors (Lipinski definition) is 4. The molecule has 6 rings (SSSR count). The number of ether oxygens (including phenoxy) is 1.